The van der Waals surface area contributed by atoms with Crippen molar-refractivity contribution in [2.75, 3.05) is 46.9 Å². The number of likely N-dealkylation sites (N-methyl/N-ethyl adjacent to an activating group) is 1. The van der Waals surface area contributed by atoms with E-state index < -0.39 is 0 Å². The molecule has 5 heteroatoms. The van der Waals surface area contributed by atoms with Crippen LogP contribution < -0.4 is 5.32 Å². The van der Waals surface area contributed by atoms with Crippen molar-refractivity contribution < 1.29 is 9.53 Å². The van der Waals surface area contributed by atoms with Crippen LogP contribution in [-0.4, -0.2) is 68.2 Å². The summed E-state index contributed by atoms with van der Waals surface area (Å²) in [5.74, 6) is 0.121. The van der Waals surface area contributed by atoms with Gasteiger partial charge in [-0.25, -0.2) is 0 Å². The van der Waals surface area contributed by atoms with Crippen LogP contribution in [0.3, 0.4) is 0 Å². The lowest BCUT2D eigenvalue weighted by Crippen LogP contribution is -2.57. The second-order valence-corrected chi connectivity index (χ2v) is 8.15. The molecule has 0 unspecified atom stereocenters. The highest BCUT2D eigenvalue weighted by atomic mass is 16.5. The highest BCUT2D eigenvalue weighted by Crippen LogP contribution is 2.32. The van der Waals surface area contributed by atoms with E-state index in [2.05, 4.69) is 35.3 Å². The molecule has 0 bridgehead atoms. The van der Waals surface area contributed by atoms with Crippen LogP contribution in [0.1, 0.15) is 42.9 Å². The largest absolute Gasteiger partial charge is 0.379 e. The fourth-order valence-corrected chi connectivity index (χ4v) is 4.42. The summed E-state index contributed by atoms with van der Waals surface area (Å²) >= 11 is 0. The molecular weight excluding hydrogens is 326 g/mol. The third-order valence-corrected chi connectivity index (χ3v) is 5.70. The van der Waals surface area contributed by atoms with Crippen LogP contribution in [0.5, 0.6) is 0 Å². The maximum Gasteiger partial charge on any atom is 0.242 e. The zero-order valence-corrected chi connectivity index (χ0v) is 16.5. The van der Waals surface area contributed by atoms with Gasteiger partial charge < -0.3 is 10.1 Å². The third kappa shape index (κ3) is 4.64. The van der Waals surface area contributed by atoms with E-state index in [0.717, 1.165) is 51.3 Å². The Kier molecular flexibility index (Phi) is 6.33. The smallest absolute Gasteiger partial charge is 0.242 e. The van der Waals surface area contributed by atoms with Gasteiger partial charge in [0, 0.05) is 19.6 Å². The number of carbonyl (C=O) groups excluding carboxylic acids is 1. The van der Waals surface area contributed by atoms with Crippen molar-refractivity contribution in [1.82, 2.24) is 15.1 Å². The second-order valence-electron chi connectivity index (χ2n) is 8.15. The summed E-state index contributed by atoms with van der Waals surface area (Å²) in [4.78, 5) is 17.8. The average Bonchev–Trinajstić information content (AvgIpc) is 3.03. The number of nitrogens with zero attached hydrogens (tertiary/aromatic N) is 2. The Bertz CT molecular complexity index is 605. The van der Waals surface area contributed by atoms with Crippen LogP contribution in [0.4, 0.5) is 0 Å². The lowest BCUT2D eigenvalue weighted by molar-refractivity contribution is -0.128. The maximum atomic E-state index is 13.3. The summed E-state index contributed by atoms with van der Waals surface area (Å²) < 4.78 is 5.48. The Hall–Kier alpha value is -1.43. The molecule has 2 aliphatic rings. The number of ether oxygens (including phenoxy) is 1. The highest BCUT2D eigenvalue weighted by Gasteiger charge is 2.39. The van der Waals surface area contributed by atoms with E-state index in [-0.39, 0.29) is 17.5 Å². The molecule has 0 radical (unpaired) electrons. The van der Waals surface area contributed by atoms with Crippen LogP contribution in [0.25, 0.3) is 0 Å². The lowest BCUT2D eigenvalue weighted by Gasteiger charge is -2.39. The van der Waals surface area contributed by atoms with Gasteiger partial charge in [-0.15, -0.1) is 0 Å². The van der Waals surface area contributed by atoms with Crippen molar-refractivity contribution in [3.05, 3.63) is 35.4 Å². The van der Waals surface area contributed by atoms with Crippen molar-refractivity contribution in [3.63, 3.8) is 0 Å². The fraction of sp³-hybridized carbons (Fsp3) is 0.667. The molecular formula is C21H33N3O2. The maximum absolute atomic E-state index is 13.3. The van der Waals surface area contributed by atoms with Crippen molar-refractivity contribution >= 4 is 5.91 Å². The van der Waals surface area contributed by atoms with Crippen molar-refractivity contribution in [2.24, 2.45) is 0 Å². The van der Waals surface area contributed by atoms with Gasteiger partial charge in [0.2, 0.25) is 5.91 Å². The molecule has 5 nitrogen and oxygen atoms in total. The summed E-state index contributed by atoms with van der Waals surface area (Å²) in [5, 5.41) is 3.48. The zero-order chi connectivity index (χ0) is 18.6. The molecule has 1 saturated heterocycles. The minimum absolute atomic E-state index is 0.0908. The highest BCUT2D eigenvalue weighted by molar-refractivity contribution is 5.84. The molecule has 2 fully saturated rings. The second kappa shape index (κ2) is 8.51. The molecule has 26 heavy (non-hydrogen) atoms. The molecule has 1 saturated carbocycles. The topological polar surface area (TPSA) is 44.8 Å². The number of rotatable bonds is 6. The van der Waals surface area contributed by atoms with E-state index in [1.165, 1.54) is 18.4 Å². The van der Waals surface area contributed by atoms with Gasteiger partial charge in [0.25, 0.3) is 0 Å². The molecule has 1 atom stereocenters. The quantitative estimate of drug-likeness (QED) is 0.847. The number of nitrogens with one attached hydrogen (secondary N) is 1. The van der Waals surface area contributed by atoms with Gasteiger partial charge in [0.05, 0.1) is 18.8 Å². The normalized spacial score (nSPS) is 21.7. The van der Waals surface area contributed by atoms with Gasteiger partial charge in [0.1, 0.15) is 6.04 Å². The summed E-state index contributed by atoms with van der Waals surface area (Å²) in [7, 11) is 3.96. The first kappa shape index (κ1) is 19.3. The number of hydrogen-bond acceptors (Lipinski definition) is 4. The van der Waals surface area contributed by atoms with Gasteiger partial charge in [-0.1, -0.05) is 42.7 Å². The summed E-state index contributed by atoms with van der Waals surface area (Å²) in [6.45, 7) is 6.54. The molecule has 144 valence electrons. The molecule has 1 aliphatic carbocycles. The lowest BCUT2D eigenvalue weighted by atomic mass is 9.94. The number of amides is 1. The van der Waals surface area contributed by atoms with Crippen LogP contribution in [0.2, 0.25) is 0 Å². The number of aryl methyl sites for hydroxylation is 1. The van der Waals surface area contributed by atoms with Crippen molar-refractivity contribution in [1.29, 1.82) is 0 Å². The standard InChI is InChI=1S/C21H33N3O2/c1-17-7-6-8-18(15-17)19(23(2)3)20(25)22-21(9-4-5-10-21)16-24-11-13-26-14-12-24/h6-8,15,19H,4-5,9-14,16H2,1-3H3,(H,22,25)/t19-/m1/s1. The minimum Gasteiger partial charge on any atom is -0.379 e. The molecule has 0 aromatic heterocycles. The van der Waals surface area contributed by atoms with E-state index in [0.29, 0.717) is 0 Å². The zero-order valence-electron chi connectivity index (χ0n) is 16.5. The van der Waals surface area contributed by atoms with E-state index in [1.807, 2.05) is 25.1 Å². The molecule has 1 N–H and O–H groups in total. The molecule has 0 spiro atoms. The first-order valence-electron chi connectivity index (χ1n) is 9.84. The van der Waals surface area contributed by atoms with Crippen molar-refractivity contribution in [2.45, 2.75) is 44.2 Å². The monoisotopic (exact) mass is 359 g/mol. The number of benzene rings is 1. The van der Waals surface area contributed by atoms with Gasteiger partial charge >= 0.3 is 0 Å². The van der Waals surface area contributed by atoms with Crippen molar-refractivity contribution in [3.8, 4) is 0 Å². The third-order valence-electron chi connectivity index (χ3n) is 5.70. The molecule has 1 aromatic rings. The number of hydrogen-bond donors (Lipinski definition) is 1. The molecule has 1 amide bonds. The van der Waals surface area contributed by atoms with Crippen LogP contribution >= 0.6 is 0 Å². The van der Waals surface area contributed by atoms with E-state index in [4.69, 9.17) is 4.74 Å². The Labute approximate surface area is 157 Å². The predicted molar refractivity (Wildman–Crippen MR) is 104 cm³/mol. The molecule has 3 rings (SSSR count). The predicted octanol–water partition coefficient (Wildman–Crippen LogP) is 2.36. The SMILES string of the molecule is Cc1cccc([C@H](C(=O)NC2(CN3CCOCC3)CCCC2)N(C)C)c1. The Morgan fingerprint density at radius 3 is 2.58 bits per heavy atom. The van der Waals surface area contributed by atoms with Gasteiger partial charge in [-0.3, -0.25) is 14.6 Å². The van der Waals surface area contributed by atoms with Crippen LogP contribution in [0.15, 0.2) is 24.3 Å². The first-order valence-corrected chi connectivity index (χ1v) is 9.84. The number of morpholine rings is 1. The molecule has 1 aromatic carbocycles. The van der Waals surface area contributed by atoms with Gasteiger partial charge in [-0.05, 0) is 39.4 Å². The van der Waals surface area contributed by atoms with E-state index >= 15 is 0 Å². The number of carbonyl (C=O) groups is 1. The van der Waals surface area contributed by atoms with Gasteiger partial charge in [-0.2, -0.15) is 0 Å². The molecule has 1 heterocycles. The fourth-order valence-electron chi connectivity index (χ4n) is 4.42. The Morgan fingerprint density at radius 1 is 1.27 bits per heavy atom. The summed E-state index contributed by atoms with van der Waals surface area (Å²) in [6, 6.07) is 8.03. The van der Waals surface area contributed by atoms with Gasteiger partial charge in [0.15, 0.2) is 0 Å². The first-order chi connectivity index (χ1) is 12.5. The average molecular weight is 360 g/mol. The van der Waals surface area contributed by atoms with Crippen LogP contribution in [0, 0.1) is 6.92 Å². The van der Waals surface area contributed by atoms with Crippen LogP contribution in [-0.2, 0) is 9.53 Å². The molecule has 1 aliphatic heterocycles. The summed E-state index contributed by atoms with van der Waals surface area (Å²) in [6.07, 6.45) is 4.54. The Morgan fingerprint density at radius 2 is 1.96 bits per heavy atom. The minimum atomic E-state index is -0.253. The Balaban J connectivity index is 1.75. The van der Waals surface area contributed by atoms with E-state index in [9.17, 15) is 4.79 Å². The van der Waals surface area contributed by atoms with E-state index in [1.54, 1.807) is 0 Å². The summed E-state index contributed by atoms with van der Waals surface area (Å²) in [5.41, 5.74) is 2.16.